The summed E-state index contributed by atoms with van der Waals surface area (Å²) < 4.78 is 5.37. The van der Waals surface area contributed by atoms with Crippen molar-refractivity contribution >= 4 is 22.9 Å². The van der Waals surface area contributed by atoms with Crippen LogP contribution in [0.3, 0.4) is 0 Å². The minimum Gasteiger partial charge on any atom is -0.423 e. The fourth-order valence-electron chi connectivity index (χ4n) is 3.65. The highest BCUT2D eigenvalue weighted by molar-refractivity contribution is 6.12. The molecule has 0 saturated heterocycles. The number of para-hydroxylation sites is 1. The van der Waals surface area contributed by atoms with Gasteiger partial charge >= 0.3 is 5.97 Å². The molecule has 3 aromatic carbocycles. The molecule has 3 aromatic rings. The molecule has 0 unspecified atom stereocenters. The highest BCUT2D eigenvalue weighted by Crippen LogP contribution is 2.49. The van der Waals surface area contributed by atoms with Crippen LogP contribution in [-0.4, -0.2) is 15.8 Å². The summed E-state index contributed by atoms with van der Waals surface area (Å²) in [7, 11) is 0. The SMILES string of the molecule is N#CC(C#N)=C1c2cc([N+](=O)[O-])ccc2-c2c(C(=O)Oc3ccccc3)cc([N+](=O)[O-])cc21. The van der Waals surface area contributed by atoms with Crippen molar-refractivity contribution in [2.45, 2.75) is 0 Å². The zero-order valence-corrected chi connectivity index (χ0v) is 16.5. The van der Waals surface area contributed by atoms with Gasteiger partial charge in [-0.3, -0.25) is 20.2 Å². The van der Waals surface area contributed by atoms with Crippen LogP contribution >= 0.6 is 0 Å². The van der Waals surface area contributed by atoms with Crippen LogP contribution in [0.25, 0.3) is 16.7 Å². The number of esters is 1. The van der Waals surface area contributed by atoms with Crippen molar-refractivity contribution in [2.75, 3.05) is 0 Å². The summed E-state index contributed by atoms with van der Waals surface area (Å²) in [5.74, 6) is -0.697. The third kappa shape index (κ3) is 3.54. The molecule has 10 heteroatoms. The number of hydrogen-bond acceptors (Lipinski definition) is 8. The van der Waals surface area contributed by atoms with Crippen LogP contribution in [0.1, 0.15) is 21.5 Å². The number of nitro benzene ring substituents is 2. The van der Waals surface area contributed by atoms with Crippen molar-refractivity contribution in [3.05, 3.63) is 103 Å². The maximum Gasteiger partial charge on any atom is 0.344 e. The van der Waals surface area contributed by atoms with Gasteiger partial charge in [0, 0.05) is 35.4 Å². The van der Waals surface area contributed by atoms with Crippen molar-refractivity contribution in [1.29, 1.82) is 10.5 Å². The molecule has 0 heterocycles. The van der Waals surface area contributed by atoms with Crippen molar-refractivity contribution < 1.29 is 19.4 Å². The summed E-state index contributed by atoms with van der Waals surface area (Å²) in [4.78, 5) is 34.6. The van der Waals surface area contributed by atoms with Crippen molar-refractivity contribution in [3.63, 3.8) is 0 Å². The van der Waals surface area contributed by atoms with E-state index in [9.17, 15) is 35.5 Å². The molecule has 0 spiro atoms. The van der Waals surface area contributed by atoms with Crippen LogP contribution in [0.2, 0.25) is 0 Å². The molecule has 0 radical (unpaired) electrons. The molecule has 4 rings (SSSR count). The molecule has 0 atom stereocenters. The van der Waals surface area contributed by atoms with Gasteiger partial charge < -0.3 is 4.74 Å². The Morgan fingerprint density at radius 2 is 1.45 bits per heavy atom. The number of rotatable bonds is 4. The van der Waals surface area contributed by atoms with E-state index in [2.05, 4.69) is 0 Å². The lowest BCUT2D eigenvalue weighted by Gasteiger charge is -2.10. The van der Waals surface area contributed by atoms with Gasteiger partial charge in [-0.15, -0.1) is 0 Å². The fourth-order valence-corrected chi connectivity index (χ4v) is 3.65. The van der Waals surface area contributed by atoms with E-state index in [1.54, 1.807) is 30.3 Å². The summed E-state index contributed by atoms with van der Waals surface area (Å²) >= 11 is 0. The van der Waals surface area contributed by atoms with E-state index >= 15 is 0 Å². The molecule has 0 aromatic heterocycles. The number of non-ortho nitro benzene ring substituents is 2. The number of nitrogens with zero attached hydrogens (tertiary/aromatic N) is 4. The highest BCUT2D eigenvalue weighted by Gasteiger charge is 2.35. The molecule has 10 nitrogen and oxygen atoms in total. The van der Waals surface area contributed by atoms with Gasteiger partial charge in [0.2, 0.25) is 0 Å². The van der Waals surface area contributed by atoms with Gasteiger partial charge in [-0.05, 0) is 34.9 Å². The molecule has 0 N–H and O–H groups in total. The van der Waals surface area contributed by atoms with Crippen molar-refractivity contribution in [1.82, 2.24) is 0 Å². The van der Waals surface area contributed by atoms with E-state index in [1.165, 1.54) is 24.3 Å². The van der Waals surface area contributed by atoms with Crippen molar-refractivity contribution in [3.8, 4) is 29.0 Å². The van der Waals surface area contributed by atoms with E-state index in [-0.39, 0.29) is 39.3 Å². The second-order valence-electron chi connectivity index (χ2n) is 6.84. The molecular formula is C23H10N4O6. The topological polar surface area (TPSA) is 160 Å². The molecule has 0 fully saturated rings. The standard InChI is InChI=1S/C23H10N4O6/c24-11-13(12-25)21-18-8-14(26(29)30)6-7-17(18)22-19(21)9-15(27(31)32)10-20(22)23(28)33-16-4-2-1-3-5-16/h1-10H. The number of allylic oxidation sites excluding steroid dienone is 1. The van der Waals surface area contributed by atoms with Crippen LogP contribution in [0.4, 0.5) is 11.4 Å². The van der Waals surface area contributed by atoms with Gasteiger partial charge in [-0.1, -0.05) is 18.2 Å². The third-order valence-corrected chi connectivity index (χ3v) is 5.00. The monoisotopic (exact) mass is 438 g/mol. The summed E-state index contributed by atoms with van der Waals surface area (Å²) in [6.45, 7) is 0. The van der Waals surface area contributed by atoms with E-state index in [1.807, 2.05) is 0 Å². The van der Waals surface area contributed by atoms with Crippen LogP contribution < -0.4 is 4.74 Å². The molecule has 0 aliphatic heterocycles. The van der Waals surface area contributed by atoms with E-state index in [0.29, 0.717) is 5.56 Å². The molecule has 0 bridgehead atoms. The molecule has 1 aliphatic carbocycles. The van der Waals surface area contributed by atoms with Crippen LogP contribution in [0.15, 0.2) is 66.2 Å². The first-order chi connectivity index (χ1) is 15.8. The second kappa shape index (κ2) is 8.06. The summed E-state index contributed by atoms with van der Waals surface area (Å²) in [5, 5.41) is 41.8. The average molecular weight is 438 g/mol. The predicted molar refractivity (Wildman–Crippen MR) is 114 cm³/mol. The summed E-state index contributed by atoms with van der Waals surface area (Å²) in [6, 6.07) is 17.4. The smallest absolute Gasteiger partial charge is 0.344 e. The predicted octanol–water partition coefficient (Wildman–Crippen LogP) is 4.55. The quantitative estimate of drug-likeness (QED) is 0.147. The maximum atomic E-state index is 13.1. The van der Waals surface area contributed by atoms with Crippen molar-refractivity contribution in [2.24, 2.45) is 0 Å². The molecule has 0 amide bonds. The van der Waals surface area contributed by atoms with E-state index in [0.717, 1.165) is 18.2 Å². The van der Waals surface area contributed by atoms with Gasteiger partial charge in [0.1, 0.15) is 23.5 Å². The Labute approximate surface area is 185 Å². The van der Waals surface area contributed by atoms with Crippen LogP contribution in [-0.2, 0) is 0 Å². The first-order valence-electron chi connectivity index (χ1n) is 9.29. The number of ether oxygens (including phenoxy) is 1. The summed E-state index contributed by atoms with van der Waals surface area (Å²) in [6.07, 6.45) is 0. The zero-order valence-electron chi connectivity index (χ0n) is 16.5. The number of nitriles is 2. The number of hydrogen-bond donors (Lipinski definition) is 0. The lowest BCUT2D eigenvalue weighted by Crippen LogP contribution is -2.11. The number of nitro groups is 2. The van der Waals surface area contributed by atoms with Gasteiger partial charge in [-0.25, -0.2) is 4.79 Å². The molecule has 33 heavy (non-hydrogen) atoms. The normalized spacial score (nSPS) is 10.9. The second-order valence-corrected chi connectivity index (χ2v) is 6.84. The van der Waals surface area contributed by atoms with Crippen LogP contribution in [0.5, 0.6) is 5.75 Å². The lowest BCUT2D eigenvalue weighted by atomic mass is 9.96. The maximum absolute atomic E-state index is 13.1. The Kier molecular flexibility index (Phi) is 5.10. The summed E-state index contributed by atoms with van der Waals surface area (Å²) in [5.41, 5.74) is -0.675. The molecule has 0 saturated carbocycles. The Bertz CT molecular complexity index is 1460. The largest absolute Gasteiger partial charge is 0.423 e. The third-order valence-electron chi connectivity index (χ3n) is 5.00. The average Bonchev–Trinajstić information content (AvgIpc) is 3.13. The fraction of sp³-hybridized carbons (Fsp3) is 0. The number of carbonyl (C=O) groups is 1. The Morgan fingerprint density at radius 1 is 0.818 bits per heavy atom. The minimum atomic E-state index is -0.901. The van der Waals surface area contributed by atoms with Gasteiger partial charge in [0.05, 0.1) is 15.4 Å². The van der Waals surface area contributed by atoms with Gasteiger partial charge in [-0.2, -0.15) is 10.5 Å². The molecule has 158 valence electrons. The number of carbonyl (C=O) groups excluding carboxylic acids is 1. The molecular weight excluding hydrogens is 428 g/mol. The zero-order chi connectivity index (χ0) is 23.7. The van der Waals surface area contributed by atoms with E-state index in [4.69, 9.17) is 4.74 Å². The first kappa shape index (κ1) is 20.9. The van der Waals surface area contributed by atoms with E-state index < -0.39 is 27.1 Å². The lowest BCUT2D eigenvalue weighted by molar-refractivity contribution is -0.385. The molecule has 1 aliphatic rings. The Hall–Kier alpha value is -5.35. The minimum absolute atomic E-state index is 0.0221. The van der Waals surface area contributed by atoms with Gasteiger partial charge in [0.25, 0.3) is 11.4 Å². The number of fused-ring (bicyclic) bond motifs is 3. The Morgan fingerprint density at radius 3 is 2.06 bits per heavy atom. The van der Waals surface area contributed by atoms with Gasteiger partial charge in [0.15, 0.2) is 0 Å². The Balaban J connectivity index is 2.05. The number of benzene rings is 3. The highest BCUT2D eigenvalue weighted by atomic mass is 16.6. The first-order valence-corrected chi connectivity index (χ1v) is 9.29. The van der Waals surface area contributed by atoms with Crippen LogP contribution in [0, 0.1) is 42.9 Å².